The van der Waals surface area contributed by atoms with Crippen LogP contribution < -0.4 is 16.6 Å². The van der Waals surface area contributed by atoms with E-state index in [1.807, 2.05) is 12.1 Å². The molecule has 0 amide bonds. The highest BCUT2D eigenvalue weighted by Gasteiger charge is 2.17. The minimum Gasteiger partial charge on any atom is -0.385 e. The number of nitrogens with zero attached hydrogens (tertiary/aromatic N) is 2. The van der Waals surface area contributed by atoms with Gasteiger partial charge in [0.05, 0.1) is 0 Å². The molecule has 106 valence electrons. The Kier molecular flexibility index (Phi) is 2.47. The first-order chi connectivity index (χ1) is 10.2. The third-order valence-electron chi connectivity index (χ3n) is 3.73. The summed E-state index contributed by atoms with van der Waals surface area (Å²) < 4.78 is 0. The van der Waals surface area contributed by atoms with Crippen LogP contribution in [0.1, 0.15) is 12.0 Å². The molecule has 4 rings (SSSR count). The van der Waals surface area contributed by atoms with E-state index in [-0.39, 0.29) is 11.5 Å². The van der Waals surface area contributed by atoms with E-state index < -0.39 is 0 Å². The van der Waals surface area contributed by atoms with Gasteiger partial charge in [0.15, 0.2) is 11.2 Å². The fourth-order valence-electron chi connectivity index (χ4n) is 2.78. The second-order valence-corrected chi connectivity index (χ2v) is 5.10. The number of hydrogen-bond donors (Lipinski definition) is 4. The second kappa shape index (κ2) is 4.34. The van der Waals surface area contributed by atoms with E-state index in [2.05, 4.69) is 31.3 Å². The lowest BCUT2D eigenvalue weighted by atomic mass is 9.97. The highest BCUT2D eigenvalue weighted by molar-refractivity contribution is 5.79. The van der Waals surface area contributed by atoms with Crippen LogP contribution in [0.3, 0.4) is 0 Å². The molecule has 0 aliphatic carbocycles. The predicted molar refractivity (Wildman–Crippen MR) is 81.2 cm³/mol. The summed E-state index contributed by atoms with van der Waals surface area (Å²) in [6.45, 7) is 0.980. The molecule has 0 atom stereocenters. The summed E-state index contributed by atoms with van der Waals surface area (Å²) in [4.78, 5) is 25.9. The quantitative estimate of drug-likeness (QED) is 0.536. The number of anilines is 2. The van der Waals surface area contributed by atoms with Gasteiger partial charge in [-0.15, -0.1) is 0 Å². The molecule has 3 heterocycles. The average Bonchev–Trinajstić information content (AvgIpc) is 2.90. The van der Waals surface area contributed by atoms with Crippen molar-refractivity contribution in [3.05, 3.63) is 34.1 Å². The first kappa shape index (κ1) is 12.0. The fourth-order valence-corrected chi connectivity index (χ4v) is 2.78. The Bertz CT molecular complexity index is 894. The van der Waals surface area contributed by atoms with Crippen molar-refractivity contribution in [1.82, 2.24) is 19.9 Å². The number of nitrogen functional groups attached to an aromatic ring is 1. The van der Waals surface area contributed by atoms with Crippen molar-refractivity contribution in [1.29, 1.82) is 0 Å². The molecule has 0 saturated carbocycles. The van der Waals surface area contributed by atoms with Crippen LogP contribution in [0.25, 0.3) is 22.6 Å². The van der Waals surface area contributed by atoms with Gasteiger partial charge in [-0.3, -0.25) is 9.78 Å². The zero-order chi connectivity index (χ0) is 14.4. The lowest BCUT2D eigenvalue weighted by Gasteiger charge is -2.20. The third kappa shape index (κ3) is 1.85. The molecule has 21 heavy (non-hydrogen) atoms. The van der Waals surface area contributed by atoms with Gasteiger partial charge < -0.3 is 16.0 Å². The zero-order valence-electron chi connectivity index (χ0n) is 11.2. The number of H-pyrrole nitrogens is 2. The Morgan fingerprint density at radius 3 is 3.00 bits per heavy atom. The van der Waals surface area contributed by atoms with E-state index in [9.17, 15) is 4.79 Å². The molecular formula is C14H14N6O. The summed E-state index contributed by atoms with van der Waals surface area (Å²) >= 11 is 0. The largest absolute Gasteiger partial charge is 0.385 e. The molecule has 0 spiro atoms. The number of aromatic amines is 2. The van der Waals surface area contributed by atoms with Gasteiger partial charge in [0, 0.05) is 17.8 Å². The van der Waals surface area contributed by atoms with Gasteiger partial charge in [0.1, 0.15) is 5.82 Å². The van der Waals surface area contributed by atoms with Crippen LogP contribution in [-0.2, 0) is 6.42 Å². The van der Waals surface area contributed by atoms with E-state index in [4.69, 9.17) is 5.73 Å². The van der Waals surface area contributed by atoms with Crippen LogP contribution >= 0.6 is 0 Å². The number of fused-ring (bicyclic) bond motifs is 2. The third-order valence-corrected chi connectivity index (χ3v) is 3.73. The Morgan fingerprint density at radius 2 is 2.10 bits per heavy atom. The van der Waals surface area contributed by atoms with E-state index in [1.54, 1.807) is 0 Å². The second-order valence-electron chi connectivity index (χ2n) is 5.10. The van der Waals surface area contributed by atoms with Crippen molar-refractivity contribution in [2.45, 2.75) is 12.8 Å². The molecule has 0 bridgehead atoms. The molecule has 1 aliphatic heterocycles. The number of imidazole rings is 1. The molecule has 0 fully saturated rings. The first-order valence-electron chi connectivity index (χ1n) is 6.84. The minimum absolute atomic E-state index is 0.0716. The van der Waals surface area contributed by atoms with Gasteiger partial charge in [0.25, 0.3) is 5.56 Å². The summed E-state index contributed by atoms with van der Waals surface area (Å²) in [6.07, 6.45) is 2.07. The number of aromatic nitrogens is 4. The van der Waals surface area contributed by atoms with Crippen molar-refractivity contribution in [3.8, 4) is 11.4 Å². The Labute approximate surface area is 119 Å². The molecule has 5 N–H and O–H groups in total. The lowest BCUT2D eigenvalue weighted by Crippen LogP contribution is -2.12. The molecule has 1 aliphatic rings. The highest BCUT2D eigenvalue weighted by Crippen LogP contribution is 2.31. The topological polar surface area (TPSA) is 112 Å². The molecule has 0 unspecified atom stereocenters. The summed E-state index contributed by atoms with van der Waals surface area (Å²) in [6, 6.07) is 6.04. The highest BCUT2D eigenvalue weighted by atomic mass is 16.1. The minimum atomic E-state index is -0.306. The lowest BCUT2D eigenvalue weighted by molar-refractivity contribution is 0.831. The normalized spacial score (nSPS) is 13.9. The van der Waals surface area contributed by atoms with E-state index in [1.165, 1.54) is 5.56 Å². The van der Waals surface area contributed by atoms with Crippen molar-refractivity contribution < 1.29 is 0 Å². The summed E-state index contributed by atoms with van der Waals surface area (Å²) in [5, 5.41) is 3.38. The number of rotatable bonds is 1. The molecule has 0 radical (unpaired) electrons. The van der Waals surface area contributed by atoms with E-state index >= 15 is 0 Å². The van der Waals surface area contributed by atoms with Crippen LogP contribution in [-0.4, -0.2) is 26.5 Å². The summed E-state index contributed by atoms with van der Waals surface area (Å²) in [7, 11) is 0. The van der Waals surface area contributed by atoms with Crippen molar-refractivity contribution in [3.63, 3.8) is 0 Å². The van der Waals surface area contributed by atoms with Gasteiger partial charge in [-0.05, 0) is 24.5 Å². The van der Waals surface area contributed by atoms with Gasteiger partial charge in [-0.2, -0.15) is 4.98 Å². The number of hydrogen-bond acceptors (Lipinski definition) is 5. The van der Waals surface area contributed by atoms with E-state index in [0.29, 0.717) is 17.0 Å². The first-order valence-corrected chi connectivity index (χ1v) is 6.84. The Balaban J connectivity index is 1.95. The maximum atomic E-state index is 11.9. The number of nitrogens with one attached hydrogen (secondary N) is 3. The maximum Gasteiger partial charge on any atom is 0.278 e. The monoisotopic (exact) mass is 282 g/mol. The number of benzene rings is 1. The van der Waals surface area contributed by atoms with Crippen LogP contribution in [0.15, 0.2) is 23.0 Å². The maximum absolute atomic E-state index is 11.9. The zero-order valence-corrected chi connectivity index (χ0v) is 11.2. The Hall–Kier alpha value is -2.83. The SMILES string of the molecule is Nc1nc2nc(-c3cccc4c3CCCN4)[nH]c2c(=O)[nH]1. The van der Waals surface area contributed by atoms with Crippen LogP contribution in [0.2, 0.25) is 0 Å². The van der Waals surface area contributed by atoms with Gasteiger partial charge >= 0.3 is 0 Å². The Morgan fingerprint density at radius 1 is 1.19 bits per heavy atom. The standard InChI is InChI=1S/C14H14N6O/c15-14-19-12-10(13(21)20-14)17-11(18-12)8-3-1-5-9-7(8)4-2-6-16-9/h1,3,5,16H,2,4,6H2,(H4,15,17,18,19,20,21). The van der Waals surface area contributed by atoms with Crippen molar-refractivity contribution in [2.24, 2.45) is 0 Å². The van der Waals surface area contributed by atoms with Crippen LogP contribution in [0.4, 0.5) is 11.6 Å². The molecule has 7 heteroatoms. The molecule has 0 saturated heterocycles. The average molecular weight is 282 g/mol. The van der Waals surface area contributed by atoms with Crippen molar-refractivity contribution in [2.75, 3.05) is 17.6 Å². The van der Waals surface area contributed by atoms with Crippen LogP contribution in [0.5, 0.6) is 0 Å². The van der Waals surface area contributed by atoms with Crippen LogP contribution in [0, 0.1) is 0 Å². The summed E-state index contributed by atoms with van der Waals surface area (Å²) in [5.41, 5.74) is 9.27. The van der Waals surface area contributed by atoms with Gasteiger partial charge in [-0.25, -0.2) is 4.98 Å². The van der Waals surface area contributed by atoms with Crippen molar-refractivity contribution >= 4 is 22.8 Å². The number of nitrogens with two attached hydrogens (primary N) is 1. The van der Waals surface area contributed by atoms with Gasteiger partial charge in [-0.1, -0.05) is 12.1 Å². The molecule has 7 nitrogen and oxygen atoms in total. The van der Waals surface area contributed by atoms with E-state index in [0.717, 1.165) is 30.6 Å². The molecule has 2 aromatic heterocycles. The fraction of sp³-hybridized carbons (Fsp3) is 0.214. The molecular weight excluding hydrogens is 268 g/mol. The molecule has 3 aromatic rings. The smallest absolute Gasteiger partial charge is 0.278 e. The summed E-state index contributed by atoms with van der Waals surface area (Å²) in [5.74, 6) is 0.719. The predicted octanol–water partition coefficient (Wildman–Crippen LogP) is 1.25. The molecule has 1 aromatic carbocycles. The van der Waals surface area contributed by atoms with Gasteiger partial charge in [0.2, 0.25) is 5.95 Å².